The van der Waals surface area contributed by atoms with E-state index in [2.05, 4.69) is 15.3 Å². The van der Waals surface area contributed by atoms with E-state index in [1.807, 2.05) is 13.8 Å². The van der Waals surface area contributed by atoms with E-state index in [-0.39, 0.29) is 11.9 Å². The van der Waals surface area contributed by atoms with Gasteiger partial charge in [-0.05, 0) is 12.8 Å². The molecule has 0 bridgehead atoms. The average Bonchev–Trinajstić information content (AvgIpc) is 2.34. The van der Waals surface area contributed by atoms with E-state index < -0.39 is 6.04 Å². The summed E-state index contributed by atoms with van der Waals surface area (Å²) in [6, 6.07) is 1.19. The van der Waals surface area contributed by atoms with Crippen LogP contribution in [0.4, 0.5) is 5.82 Å². The molecule has 0 saturated heterocycles. The molecule has 100 valence electrons. The van der Waals surface area contributed by atoms with E-state index in [4.69, 9.17) is 9.47 Å². The first kappa shape index (κ1) is 14.2. The van der Waals surface area contributed by atoms with Gasteiger partial charge in [-0.15, -0.1) is 0 Å². The monoisotopic (exact) mass is 253 g/mol. The summed E-state index contributed by atoms with van der Waals surface area (Å²) >= 11 is 0. The Morgan fingerprint density at radius 2 is 2.00 bits per heavy atom. The van der Waals surface area contributed by atoms with E-state index in [0.717, 1.165) is 0 Å². The molecule has 0 saturated carbocycles. The molecule has 0 aliphatic carbocycles. The van der Waals surface area contributed by atoms with Crippen LogP contribution in [0.2, 0.25) is 0 Å². The minimum Gasteiger partial charge on any atom is -0.481 e. The van der Waals surface area contributed by atoms with Gasteiger partial charge in [-0.25, -0.2) is 9.78 Å². The smallest absolute Gasteiger partial charge is 0.328 e. The van der Waals surface area contributed by atoms with Crippen molar-refractivity contribution in [1.82, 2.24) is 9.97 Å². The molecule has 1 heterocycles. The molecule has 0 aromatic carbocycles. The number of anilines is 1. The van der Waals surface area contributed by atoms with Crippen molar-refractivity contribution >= 4 is 11.8 Å². The van der Waals surface area contributed by atoms with Crippen molar-refractivity contribution in [1.29, 1.82) is 0 Å². The number of aromatic nitrogens is 2. The molecule has 1 aromatic heterocycles. The molecule has 0 aliphatic rings. The summed E-state index contributed by atoms with van der Waals surface area (Å²) in [5, 5.41) is 3.04. The van der Waals surface area contributed by atoms with E-state index in [1.54, 1.807) is 13.0 Å². The van der Waals surface area contributed by atoms with Gasteiger partial charge >= 0.3 is 5.97 Å². The first-order chi connectivity index (χ1) is 8.47. The number of hydrogen-bond acceptors (Lipinski definition) is 6. The van der Waals surface area contributed by atoms with Crippen molar-refractivity contribution in [2.45, 2.75) is 26.8 Å². The normalized spacial score (nSPS) is 12.1. The number of carbonyl (C=O) groups is 1. The molecule has 6 heteroatoms. The lowest BCUT2D eigenvalue weighted by Gasteiger charge is -2.20. The molecular formula is C12H19N3O3. The zero-order valence-corrected chi connectivity index (χ0v) is 11.4. The number of esters is 1. The van der Waals surface area contributed by atoms with E-state index in [1.165, 1.54) is 14.2 Å². The van der Waals surface area contributed by atoms with Gasteiger partial charge in [0.05, 0.1) is 14.2 Å². The lowest BCUT2D eigenvalue weighted by atomic mass is 10.0. The van der Waals surface area contributed by atoms with E-state index in [0.29, 0.717) is 17.5 Å². The minimum atomic E-state index is -0.450. The van der Waals surface area contributed by atoms with Crippen LogP contribution in [0, 0.1) is 12.8 Å². The molecule has 1 rings (SSSR count). The SMILES string of the molecule is COC(=O)C(Nc1cc(OC)nc(C)n1)C(C)C. The Kier molecular flexibility index (Phi) is 4.88. The van der Waals surface area contributed by atoms with Crippen molar-refractivity contribution in [3.05, 3.63) is 11.9 Å². The molecule has 1 N–H and O–H groups in total. The van der Waals surface area contributed by atoms with E-state index >= 15 is 0 Å². The molecule has 0 aliphatic heterocycles. The third-order valence-electron chi connectivity index (χ3n) is 2.45. The fraction of sp³-hybridized carbons (Fsp3) is 0.583. The Hall–Kier alpha value is -1.85. The van der Waals surface area contributed by atoms with Gasteiger partial charge in [0.2, 0.25) is 5.88 Å². The second-order valence-electron chi connectivity index (χ2n) is 4.23. The van der Waals surface area contributed by atoms with Gasteiger partial charge in [0.15, 0.2) is 0 Å². The maximum atomic E-state index is 11.6. The number of methoxy groups -OCH3 is 2. The summed E-state index contributed by atoms with van der Waals surface area (Å²) in [6.07, 6.45) is 0. The molecule has 18 heavy (non-hydrogen) atoms. The number of nitrogens with one attached hydrogen (secondary N) is 1. The first-order valence-electron chi connectivity index (χ1n) is 5.72. The van der Waals surface area contributed by atoms with E-state index in [9.17, 15) is 4.79 Å². The van der Waals surface area contributed by atoms with Crippen LogP contribution in [0.15, 0.2) is 6.07 Å². The van der Waals surface area contributed by atoms with Crippen molar-refractivity contribution in [2.75, 3.05) is 19.5 Å². The quantitative estimate of drug-likeness (QED) is 0.800. The summed E-state index contributed by atoms with van der Waals surface area (Å²) in [5.41, 5.74) is 0. The highest BCUT2D eigenvalue weighted by Crippen LogP contribution is 2.16. The van der Waals surface area contributed by atoms with Crippen LogP contribution in [0.1, 0.15) is 19.7 Å². The van der Waals surface area contributed by atoms with Gasteiger partial charge in [-0.2, -0.15) is 4.98 Å². The first-order valence-corrected chi connectivity index (χ1v) is 5.72. The molecule has 0 radical (unpaired) electrons. The zero-order valence-electron chi connectivity index (χ0n) is 11.4. The Balaban J connectivity index is 2.93. The fourth-order valence-corrected chi connectivity index (χ4v) is 1.50. The van der Waals surface area contributed by atoms with Crippen molar-refractivity contribution < 1.29 is 14.3 Å². The van der Waals surface area contributed by atoms with Gasteiger partial charge in [0, 0.05) is 6.07 Å². The summed E-state index contributed by atoms with van der Waals surface area (Å²) in [4.78, 5) is 19.9. The van der Waals surface area contributed by atoms with Gasteiger partial charge in [-0.1, -0.05) is 13.8 Å². The van der Waals surface area contributed by atoms with Gasteiger partial charge in [0.25, 0.3) is 0 Å². The number of aryl methyl sites for hydroxylation is 1. The van der Waals surface area contributed by atoms with Crippen LogP contribution >= 0.6 is 0 Å². The second kappa shape index (κ2) is 6.18. The fourth-order valence-electron chi connectivity index (χ4n) is 1.50. The predicted molar refractivity (Wildman–Crippen MR) is 67.6 cm³/mol. The summed E-state index contributed by atoms with van der Waals surface area (Å²) in [5.74, 6) is 1.34. The van der Waals surface area contributed by atoms with Gasteiger partial charge < -0.3 is 14.8 Å². The number of ether oxygens (including phenoxy) is 2. The molecular weight excluding hydrogens is 234 g/mol. The summed E-state index contributed by atoms with van der Waals surface area (Å²) in [6.45, 7) is 5.62. The highest BCUT2D eigenvalue weighted by Gasteiger charge is 2.23. The average molecular weight is 253 g/mol. The van der Waals surface area contributed by atoms with Gasteiger partial charge in [-0.3, -0.25) is 0 Å². The lowest BCUT2D eigenvalue weighted by molar-refractivity contribution is -0.142. The molecule has 1 aromatic rings. The number of carbonyl (C=O) groups excluding carboxylic acids is 1. The highest BCUT2D eigenvalue weighted by atomic mass is 16.5. The molecule has 0 spiro atoms. The molecule has 0 fully saturated rings. The van der Waals surface area contributed by atoms with Crippen LogP contribution in [0.25, 0.3) is 0 Å². The third kappa shape index (κ3) is 3.58. The van der Waals surface area contributed by atoms with Crippen LogP contribution in [0.3, 0.4) is 0 Å². The standard InChI is InChI=1S/C12H19N3O3/c1-7(2)11(12(16)18-5)15-9-6-10(17-4)14-8(3)13-9/h6-7,11H,1-5H3,(H,13,14,15). The Bertz CT molecular complexity index is 421. The number of rotatable bonds is 5. The predicted octanol–water partition coefficient (Wildman–Crippen LogP) is 1.40. The van der Waals surface area contributed by atoms with Crippen LogP contribution in [0.5, 0.6) is 5.88 Å². The zero-order chi connectivity index (χ0) is 13.7. The number of nitrogens with zero attached hydrogens (tertiary/aromatic N) is 2. The molecule has 0 amide bonds. The van der Waals surface area contributed by atoms with Crippen LogP contribution in [-0.4, -0.2) is 36.2 Å². The molecule has 1 unspecified atom stereocenters. The largest absolute Gasteiger partial charge is 0.481 e. The summed E-state index contributed by atoms with van der Waals surface area (Å²) in [7, 11) is 2.90. The third-order valence-corrected chi connectivity index (χ3v) is 2.45. The second-order valence-corrected chi connectivity index (χ2v) is 4.23. The van der Waals surface area contributed by atoms with Crippen LogP contribution < -0.4 is 10.1 Å². The van der Waals surface area contributed by atoms with Crippen molar-refractivity contribution in [2.24, 2.45) is 5.92 Å². The Morgan fingerprint density at radius 3 is 2.50 bits per heavy atom. The summed E-state index contributed by atoms with van der Waals surface area (Å²) < 4.78 is 9.81. The Morgan fingerprint density at radius 1 is 1.33 bits per heavy atom. The molecule has 6 nitrogen and oxygen atoms in total. The maximum absolute atomic E-state index is 11.6. The highest BCUT2D eigenvalue weighted by molar-refractivity contribution is 5.79. The van der Waals surface area contributed by atoms with Crippen molar-refractivity contribution in [3.63, 3.8) is 0 Å². The Labute approximate surface area is 107 Å². The maximum Gasteiger partial charge on any atom is 0.328 e. The lowest BCUT2D eigenvalue weighted by Crippen LogP contribution is -2.35. The van der Waals surface area contributed by atoms with Crippen LogP contribution in [-0.2, 0) is 9.53 Å². The number of hydrogen-bond donors (Lipinski definition) is 1. The van der Waals surface area contributed by atoms with Gasteiger partial charge in [0.1, 0.15) is 17.7 Å². The minimum absolute atomic E-state index is 0.0821. The topological polar surface area (TPSA) is 73.3 Å². The molecule has 1 atom stereocenters. The van der Waals surface area contributed by atoms with Crippen molar-refractivity contribution in [3.8, 4) is 5.88 Å².